The number of esters is 1. The first-order chi connectivity index (χ1) is 16.2. The van der Waals surface area contributed by atoms with Crippen LogP contribution >= 0.6 is 11.6 Å². The Bertz CT molecular complexity index is 1310. The fraction of sp³-hybridized carbons (Fsp3) is 0.0455. The summed E-state index contributed by atoms with van der Waals surface area (Å²) in [6.45, 7) is -0.573. The maximum atomic E-state index is 12.7. The number of hydrogen-bond acceptors (Lipinski definition) is 8. The molecule has 0 aliphatic heterocycles. The molecule has 3 rings (SSSR count). The number of carbonyl (C=O) groups excluding carboxylic acids is 3. The lowest BCUT2D eigenvalue weighted by atomic mass is 10.1. The first-order valence-corrected chi connectivity index (χ1v) is 9.84. The van der Waals surface area contributed by atoms with Crippen molar-refractivity contribution in [2.24, 2.45) is 0 Å². The molecular weight excluding hydrogens is 470 g/mol. The van der Waals surface area contributed by atoms with Crippen molar-refractivity contribution >= 4 is 46.3 Å². The lowest BCUT2D eigenvalue weighted by Crippen LogP contribution is -2.19. The van der Waals surface area contributed by atoms with E-state index in [9.17, 15) is 34.6 Å². The number of nitrogens with one attached hydrogen (secondary N) is 1. The van der Waals surface area contributed by atoms with Crippen molar-refractivity contribution in [3.63, 3.8) is 0 Å². The van der Waals surface area contributed by atoms with Gasteiger partial charge in [-0.3, -0.25) is 29.8 Å². The number of anilines is 1. The minimum atomic E-state index is -0.973. The second-order valence-electron chi connectivity index (χ2n) is 6.72. The summed E-state index contributed by atoms with van der Waals surface area (Å²) in [6.07, 6.45) is 0. The van der Waals surface area contributed by atoms with E-state index in [-0.39, 0.29) is 16.8 Å². The lowest BCUT2D eigenvalue weighted by molar-refractivity contribution is -0.394. The Labute approximate surface area is 196 Å². The van der Waals surface area contributed by atoms with Crippen LogP contribution in [0.2, 0.25) is 5.02 Å². The number of rotatable bonds is 8. The third-order valence-corrected chi connectivity index (χ3v) is 4.78. The number of benzene rings is 3. The number of Topliss-reactive ketones (excluding diaryl/α,β-unsaturated/α-hetero) is 1. The minimum Gasteiger partial charge on any atom is -0.454 e. The molecule has 0 unspecified atom stereocenters. The molecule has 0 saturated heterocycles. The quantitative estimate of drug-likeness (QED) is 0.213. The standard InChI is InChI=1S/C22H14ClN3O8/c23-14-7-5-13(6-8-14)20(27)12-34-22(29)16-3-1-2-4-18(16)24-21(28)17-10-9-15(25(30)31)11-19(17)26(32)33/h1-11H,12H2,(H,24,28). The molecule has 0 aliphatic carbocycles. The van der Waals surface area contributed by atoms with Gasteiger partial charge < -0.3 is 10.1 Å². The van der Waals surface area contributed by atoms with Crippen LogP contribution in [0.25, 0.3) is 0 Å². The van der Waals surface area contributed by atoms with E-state index in [4.69, 9.17) is 16.3 Å². The Morgan fingerprint density at radius 2 is 1.56 bits per heavy atom. The van der Waals surface area contributed by atoms with Gasteiger partial charge in [-0.25, -0.2) is 4.79 Å². The van der Waals surface area contributed by atoms with E-state index in [2.05, 4.69) is 5.32 Å². The van der Waals surface area contributed by atoms with Crippen LogP contribution in [0.1, 0.15) is 31.1 Å². The molecule has 1 N–H and O–H groups in total. The number of amides is 1. The van der Waals surface area contributed by atoms with Gasteiger partial charge in [0.2, 0.25) is 0 Å². The van der Waals surface area contributed by atoms with Gasteiger partial charge in [0.15, 0.2) is 12.4 Å². The molecule has 172 valence electrons. The van der Waals surface area contributed by atoms with Gasteiger partial charge in [-0.15, -0.1) is 0 Å². The number of nitro groups is 2. The topological polar surface area (TPSA) is 159 Å². The summed E-state index contributed by atoms with van der Waals surface area (Å²) in [4.78, 5) is 57.9. The second-order valence-corrected chi connectivity index (χ2v) is 7.16. The van der Waals surface area contributed by atoms with Crippen molar-refractivity contribution in [1.29, 1.82) is 0 Å². The van der Waals surface area contributed by atoms with Crippen molar-refractivity contribution < 1.29 is 29.0 Å². The second kappa shape index (κ2) is 10.3. The lowest BCUT2D eigenvalue weighted by Gasteiger charge is -2.11. The van der Waals surface area contributed by atoms with E-state index in [0.29, 0.717) is 11.1 Å². The van der Waals surface area contributed by atoms with Gasteiger partial charge in [0.05, 0.1) is 27.2 Å². The van der Waals surface area contributed by atoms with Gasteiger partial charge >= 0.3 is 5.97 Å². The number of carbonyl (C=O) groups is 3. The largest absolute Gasteiger partial charge is 0.454 e. The maximum absolute atomic E-state index is 12.7. The molecule has 0 heterocycles. The Balaban J connectivity index is 1.77. The Morgan fingerprint density at radius 1 is 0.882 bits per heavy atom. The molecule has 0 saturated carbocycles. The summed E-state index contributed by atoms with van der Waals surface area (Å²) in [5.74, 6) is -2.37. The van der Waals surface area contributed by atoms with Crippen LogP contribution in [0.4, 0.5) is 17.1 Å². The van der Waals surface area contributed by atoms with E-state index in [1.165, 1.54) is 48.5 Å². The molecule has 0 spiro atoms. The summed E-state index contributed by atoms with van der Waals surface area (Å²) >= 11 is 5.78. The highest BCUT2D eigenvalue weighted by atomic mass is 35.5. The van der Waals surface area contributed by atoms with Crippen LogP contribution in [0.5, 0.6) is 0 Å². The molecule has 0 fully saturated rings. The highest BCUT2D eigenvalue weighted by molar-refractivity contribution is 6.30. The van der Waals surface area contributed by atoms with E-state index in [0.717, 1.165) is 12.1 Å². The number of nitro benzene ring substituents is 2. The van der Waals surface area contributed by atoms with Crippen molar-refractivity contribution in [3.05, 3.63) is 109 Å². The Kier molecular flexibility index (Phi) is 7.29. The first-order valence-electron chi connectivity index (χ1n) is 9.46. The average molecular weight is 484 g/mol. The van der Waals surface area contributed by atoms with Crippen LogP contribution in [0.3, 0.4) is 0 Å². The predicted molar refractivity (Wildman–Crippen MR) is 120 cm³/mol. The van der Waals surface area contributed by atoms with Crippen molar-refractivity contribution in [2.75, 3.05) is 11.9 Å². The maximum Gasteiger partial charge on any atom is 0.340 e. The zero-order chi connectivity index (χ0) is 24.8. The molecule has 3 aromatic carbocycles. The van der Waals surface area contributed by atoms with Crippen LogP contribution in [-0.4, -0.2) is 34.1 Å². The molecular formula is C22H14ClN3O8. The molecule has 12 heteroatoms. The summed E-state index contributed by atoms with van der Waals surface area (Å²) < 4.78 is 5.05. The number of ether oxygens (including phenoxy) is 1. The average Bonchev–Trinajstić information content (AvgIpc) is 2.82. The van der Waals surface area contributed by atoms with Gasteiger partial charge in [0.1, 0.15) is 5.56 Å². The van der Waals surface area contributed by atoms with Crippen LogP contribution in [0, 0.1) is 20.2 Å². The van der Waals surface area contributed by atoms with E-state index in [1.54, 1.807) is 0 Å². The van der Waals surface area contributed by atoms with Crippen LogP contribution in [0.15, 0.2) is 66.7 Å². The number of hydrogen-bond donors (Lipinski definition) is 1. The number of non-ortho nitro benzene ring substituents is 1. The summed E-state index contributed by atoms with van der Waals surface area (Å²) in [6, 6.07) is 14.2. The number of nitrogens with zero attached hydrogens (tertiary/aromatic N) is 2. The van der Waals surface area contributed by atoms with Crippen LogP contribution in [-0.2, 0) is 4.74 Å². The number of halogens is 1. The summed E-state index contributed by atoms with van der Waals surface area (Å²) in [7, 11) is 0. The van der Waals surface area contributed by atoms with E-state index >= 15 is 0 Å². The molecule has 0 aromatic heterocycles. The normalized spacial score (nSPS) is 10.3. The number of ketones is 1. The van der Waals surface area contributed by atoms with E-state index in [1.807, 2.05) is 0 Å². The summed E-state index contributed by atoms with van der Waals surface area (Å²) in [5.41, 5.74) is -1.65. The first kappa shape index (κ1) is 24.0. The Hall–Kier alpha value is -4.64. The van der Waals surface area contributed by atoms with Crippen molar-refractivity contribution in [1.82, 2.24) is 0 Å². The Morgan fingerprint density at radius 3 is 2.21 bits per heavy atom. The highest BCUT2D eigenvalue weighted by Gasteiger charge is 2.25. The number of para-hydroxylation sites is 1. The molecule has 0 atom stereocenters. The summed E-state index contributed by atoms with van der Waals surface area (Å²) in [5, 5.41) is 25.0. The monoisotopic (exact) mass is 483 g/mol. The third-order valence-electron chi connectivity index (χ3n) is 4.53. The zero-order valence-electron chi connectivity index (χ0n) is 17.1. The predicted octanol–water partition coefficient (Wildman–Crippen LogP) is 4.45. The molecule has 0 aliphatic rings. The van der Waals surface area contributed by atoms with Gasteiger partial charge in [-0.05, 0) is 42.5 Å². The fourth-order valence-corrected chi connectivity index (χ4v) is 2.99. The molecule has 1 amide bonds. The van der Waals surface area contributed by atoms with Crippen molar-refractivity contribution in [2.45, 2.75) is 0 Å². The third kappa shape index (κ3) is 5.58. The van der Waals surface area contributed by atoms with E-state index < -0.39 is 51.1 Å². The molecule has 0 bridgehead atoms. The van der Waals surface area contributed by atoms with Gasteiger partial charge in [0.25, 0.3) is 17.3 Å². The fourth-order valence-electron chi connectivity index (χ4n) is 2.86. The van der Waals surface area contributed by atoms with Gasteiger partial charge in [0, 0.05) is 16.7 Å². The highest BCUT2D eigenvalue weighted by Crippen LogP contribution is 2.26. The molecule has 34 heavy (non-hydrogen) atoms. The van der Waals surface area contributed by atoms with Crippen LogP contribution < -0.4 is 5.32 Å². The zero-order valence-corrected chi connectivity index (χ0v) is 17.9. The smallest absolute Gasteiger partial charge is 0.340 e. The minimum absolute atomic E-state index is 0.0379. The SMILES string of the molecule is O=C(COC(=O)c1ccccc1NC(=O)c1ccc([N+](=O)[O-])cc1[N+](=O)[O-])c1ccc(Cl)cc1. The van der Waals surface area contributed by atoms with Gasteiger partial charge in [-0.2, -0.15) is 0 Å². The molecule has 11 nitrogen and oxygen atoms in total. The molecule has 3 aromatic rings. The molecule has 0 radical (unpaired) electrons. The van der Waals surface area contributed by atoms with Crippen molar-refractivity contribution in [3.8, 4) is 0 Å². The van der Waals surface area contributed by atoms with Gasteiger partial charge in [-0.1, -0.05) is 23.7 Å².